The van der Waals surface area contributed by atoms with Crippen LogP contribution in [0.2, 0.25) is 0 Å². The van der Waals surface area contributed by atoms with Crippen molar-refractivity contribution in [2.75, 3.05) is 25.0 Å². The lowest BCUT2D eigenvalue weighted by molar-refractivity contribution is 0.137. The lowest BCUT2D eigenvalue weighted by Gasteiger charge is -2.30. The molecule has 0 amide bonds. The van der Waals surface area contributed by atoms with Crippen molar-refractivity contribution in [3.8, 4) is 11.3 Å². The first-order valence-electron chi connectivity index (χ1n) is 9.79. The minimum absolute atomic E-state index is 0. The summed E-state index contributed by atoms with van der Waals surface area (Å²) in [4.78, 5) is 9.27. The Morgan fingerprint density at radius 2 is 2.10 bits per heavy atom. The molecule has 9 heteroatoms. The Hall–Kier alpha value is -1.96. The van der Waals surface area contributed by atoms with E-state index >= 15 is 4.39 Å². The van der Waals surface area contributed by atoms with E-state index in [1.54, 1.807) is 6.20 Å². The van der Waals surface area contributed by atoms with E-state index in [0.717, 1.165) is 35.1 Å². The molecule has 0 unspecified atom stereocenters. The summed E-state index contributed by atoms with van der Waals surface area (Å²) in [6.07, 6.45) is 6.97. The van der Waals surface area contributed by atoms with Gasteiger partial charge in [-0.25, -0.2) is 9.37 Å². The Kier molecular flexibility index (Phi) is 7.66. The molecule has 1 aliphatic rings. The number of nitrogens with zero attached hydrogens (tertiary/aromatic N) is 4. The number of halogens is 3. The average molecular weight is 455 g/mol. The first-order valence-corrected chi connectivity index (χ1v) is 9.79. The van der Waals surface area contributed by atoms with Crippen LogP contribution < -0.4 is 10.6 Å². The van der Waals surface area contributed by atoms with Gasteiger partial charge in [-0.15, -0.1) is 24.8 Å². The molecule has 4 rings (SSSR count). The zero-order valence-corrected chi connectivity index (χ0v) is 19.1. The van der Waals surface area contributed by atoms with E-state index in [0.29, 0.717) is 18.8 Å². The average Bonchev–Trinajstić information content (AvgIpc) is 3.17. The lowest BCUT2D eigenvalue weighted by Crippen LogP contribution is -2.46. The number of nitrogens with one attached hydrogen (secondary N) is 2. The van der Waals surface area contributed by atoms with Crippen molar-refractivity contribution in [1.82, 2.24) is 25.1 Å². The van der Waals surface area contributed by atoms with Crippen LogP contribution in [-0.4, -0.2) is 45.1 Å². The molecule has 0 spiro atoms. The third-order valence-electron chi connectivity index (χ3n) is 5.16. The molecule has 0 bridgehead atoms. The van der Waals surface area contributed by atoms with Crippen LogP contribution in [0.15, 0.2) is 36.8 Å². The zero-order valence-electron chi connectivity index (χ0n) is 17.5. The van der Waals surface area contributed by atoms with Crippen LogP contribution in [0.3, 0.4) is 0 Å². The van der Waals surface area contributed by atoms with Crippen LogP contribution in [0.4, 0.5) is 10.2 Å². The van der Waals surface area contributed by atoms with Crippen LogP contribution >= 0.6 is 24.8 Å². The van der Waals surface area contributed by atoms with Crippen LogP contribution in [0.25, 0.3) is 22.2 Å². The topological polar surface area (TPSA) is 67.7 Å². The van der Waals surface area contributed by atoms with Crippen molar-refractivity contribution in [2.24, 2.45) is 0 Å². The molecular formula is C21H29Cl2FN6. The van der Waals surface area contributed by atoms with E-state index in [1.165, 1.54) is 0 Å². The quantitative estimate of drug-likeness (QED) is 0.602. The van der Waals surface area contributed by atoms with Gasteiger partial charge in [-0.2, -0.15) is 5.10 Å². The van der Waals surface area contributed by atoms with Gasteiger partial charge in [0.1, 0.15) is 11.5 Å². The smallest absolute Gasteiger partial charge is 0.140 e. The lowest BCUT2D eigenvalue weighted by atomic mass is 9.96. The molecule has 2 N–H and O–H groups in total. The summed E-state index contributed by atoms with van der Waals surface area (Å²) >= 11 is 0. The number of rotatable bonds is 4. The van der Waals surface area contributed by atoms with Crippen molar-refractivity contribution >= 4 is 41.5 Å². The van der Waals surface area contributed by atoms with Crippen molar-refractivity contribution in [2.45, 2.75) is 44.8 Å². The second-order valence-electron chi connectivity index (χ2n) is 8.56. The van der Waals surface area contributed by atoms with Gasteiger partial charge in [0.15, 0.2) is 0 Å². The minimum atomic E-state index is -1.26. The summed E-state index contributed by atoms with van der Waals surface area (Å²) in [6, 6.07) is 5.79. The Morgan fingerprint density at radius 3 is 2.77 bits per heavy atom. The molecule has 0 aliphatic carbocycles. The highest BCUT2D eigenvalue weighted by atomic mass is 35.5. The summed E-state index contributed by atoms with van der Waals surface area (Å²) in [5, 5.41) is 11.8. The molecule has 0 saturated carbocycles. The summed E-state index contributed by atoms with van der Waals surface area (Å²) in [5.74, 6) is 0.659. The van der Waals surface area contributed by atoms with Gasteiger partial charge >= 0.3 is 0 Å². The third kappa shape index (κ3) is 5.20. The standard InChI is InChI=1S/C21H27FN6.2ClH/c1-20(2,3)28-12-15(11-26-28)17-10-18-16(6-4-9-24-18)19(27-17)25-14-21(22)7-5-8-23-13-21;;/h4,6,9-12,23H,5,7-8,13-14H2,1-3H3,(H,25,27);2*1H/t21-;;/m0../s1. The normalized spacial score (nSPS) is 19.1. The van der Waals surface area contributed by atoms with E-state index in [4.69, 9.17) is 4.98 Å². The van der Waals surface area contributed by atoms with Crippen molar-refractivity contribution < 1.29 is 4.39 Å². The Bertz CT molecular complexity index is 979. The number of hydrogen-bond donors (Lipinski definition) is 2. The van der Waals surface area contributed by atoms with Gasteiger partial charge in [-0.3, -0.25) is 9.67 Å². The van der Waals surface area contributed by atoms with E-state index in [2.05, 4.69) is 41.5 Å². The predicted octanol–water partition coefficient (Wildman–Crippen LogP) is 4.60. The van der Waals surface area contributed by atoms with E-state index in [-0.39, 0.29) is 36.9 Å². The Balaban J connectivity index is 0.00000160. The summed E-state index contributed by atoms with van der Waals surface area (Å²) < 4.78 is 17.0. The maximum Gasteiger partial charge on any atom is 0.140 e. The van der Waals surface area contributed by atoms with Gasteiger partial charge in [0.05, 0.1) is 29.5 Å². The zero-order chi connectivity index (χ0) is 19.8. The molecule has 3 aromatic rings. The molecule has 0 radical (unpaired) electrons. The van der Waals surface area contributed by atoms with Gasteiger partial charge < -0.3 is 10.6 Å². The van der Waals surface area contributed by atoms with Crippen LogP contribution in [0, 0.1) is 0 Å². The largest absolute Gasteiger partial charge is 0.366 e. The van der Waals surface area contributed by atoms with Gasteiger partial charge in [0, 0.05) is 29.9 Å². The monoisotopic (exact) mass is 454 g/mol. The second-order valence-corrected chi connectivity index (χ2v) is 8.56. The van der Waals surface area contributed by atoms with Crippen LogP contribution in [0.5, 0.6) is 0 Å². The fourth-order valence-corrected chi connectivity index (χ4v) is 3.50. The van der Waals surface area contributed by atoms with Crippen molar-refractivity contribution in [3.05, 3.63) is 36.8 Å². The van der Waals surface area contributed by atoms with Gasteiger partial charge in [-0.05, 0) is 58.4 Å². The maximum atomic E-state index is 15.0. The van der Waals surface area contributed by atoms with Gasteiger partial charge in [0.25, 0.3) is 0 Å². The maximum absolute atomic E-state index is 15.0. The fourth-order valence-electron chi connectivity index (χ4n) is 3.50. The molecule has 1 aliphatic heterocycles. The number of alkyl halides is 1. The highest BCUT2D eigenvalue weighted by molar-refractivity contribution is 5.91. The molecule has 1 saturated heterocycles. The Morgan fingerprint density at radius 1 is 1.30 bits per heavy atom. The summed E-state index contributed by atoms with van der Waals surface area (Å²) in [5.41, 5.74) is 1.15. The van der Waals surface area contributed by atoms with Gasteiger partial charge in [0.2, 0.25) is 0 Å². The number of hydrogen-bond acceptors (Lipinski definition) is 5. The molecule has 4 heterocycles. The highest BCUT2D eigenvalue weighted by Crippen LogP contribution is 2.29. The first kappa shape index (κ1) is 24.3. The summed E-state index contributed by atoms with van der Waals surface area (Å²) in [7, 11) is 0. The van der Waals surface area contributed by atoms with Crippen molar-refractivity contribution in [1.29, 1.82) is 0 Å². The molecule has 1 fully saturated rings. The fraction of sp³-hybridized carbons (Fsp3) is 0.476. The molecule has 164 valence electrons. The highest BCUT2D eigenvalue weighted by Gasteiger charge is 2.31. The number of piperidine rings is 1. The minimum Gasteiger partial charge on any atom is -0.366 e. The number of pyridine rings is 2. The van der Waals surface area contributed by atoms with E-state index in [9.17, 15) is 0 Å². The Labute approximate surface area is 188 Å². The second kappa shape index (κ2) is 9.45. The number of aromatic nitrogens is 4. The molecular weight excluding hydrogens is 426 g/mol. The van der Waals surface area contributed by atoms with Gasteiger partial charge in [-0.1, -0.05) is 0 Å². The number of fused-ring (bicyclic) bond motifs is 1. The number of anilines is 1. The van der Waals surface area contributed by atoms with E-state index in [1.807, 2.05) is 35.3 Å². The summed E-state index contributed by atoms with van der Waals surface area (Å²) in [6.45, 7) is 7.78. The van der Waals surface area contributed by atoms with Crippen LogP contribution in [0.1, 0.15) is 33.6 Å². The first-order chi connectivity index (χ1) is 13.3. The molecule has 1 atom stereocenters. The third-order valence-corrected chi connectivity index (χ3v) is 5.16. The molecule has 30 heavy (non-hydrogen) atoms. The predicted molar refractivity (Wildman–Crippen MR) is 125 cm³/mol. The van der Waals surface area contributed by atoms with E-state index < -0.39 is 5.67 Å². The molecule has 6 nitrogen and oxygen atoms in total. The SMILES string of the molecule is CC(C)(C)n1cc(-c2cc3ncccc3c(NC[C@]3(F)CCCNC3)n2)cn1.Cl.Cl. The van der Waals surface area contributed by atoms with Crippen molar-refractivity contribution in [3.63, 3.8) is 0 Å². The van der Waals surface area contributed by atoms with Crippen LogP contribution in [-0.2, 0) is 5.54 Å². The molecule has 3 aromatic heterocycles. The molecule has 0 aromatic carbocycles.